The van der Waals surface area contributed by atoms with Gasteiger partial charge in [0, 0.05) is 17.1 Å². The number of carbonyl (C=O) groups excluding carboxylic acids is 2. The van der Waals surface area contributed by atoms with E-state index >= 15 is 0 Å². The van der Waals surface area contributed by atoms with Crippen LogP contribution in [0.4, 0.5) is 10.1 Å². The van der Waals surface area contributed by atoms with Crippen LogP contribution in [0.2, 0.25) is 0 Å². The number of rotatable bonds is 10. The van der Waals surface area contributed by atoms with Crippen molar-refractivity contribution in [1.82, 2.24) is 10.2 Å². The normalized spacial score (nSPS) is 14.5. The van der Waals surface area contributed by atoms with Crippen LogP contribution in [0.1, 0.15) is 43.7 Å². The number of carbonyl (C=O) groups is 2. The summed E-state index contributed by atoms with van der Waals surface area (Å²) >= 11 is 3.39. The Hall–Kier alpha value is -3.24. The van der Waals surface area contributed by atoms with E-state index in [0.29, 0.717) is 15.7 Å². The lowest BCUT2D eigenvalue weighted by Crippen LogP contribution is -2.52. The third-order valence-corrected chi connectivity index (χ3v) is 9.40. The molecule has 0 aromatic heterocycles. The first-order valence-electron chi connectivity index (χ1n) is 13.2. The fourth-order valence-corrected chi connectivity index (χ4v) is 6.55. The van der Waals surface area contributed by atoms with Crippen LogP contribution < -0.4 is 9.62 Å². The summed E-state index contributed by atoms with van der Waals surface area (Å²) in [6.45, 7) is 2.96. The van der Waals surface area contributed by atoms with Crippen molar-refractivity contribution >= 4 is 43.5 Å². The second-order valence-corrected chi connectivity index (χ2v) is 12.9. The lowest BCUT2D eigenvalue weighted by atomic mass is 10.1. The van der Waals surface area contributed by atoms with Crippen LogP contribution in [-0.4, -0.2) is 43.8 Å². The van der Waals surface area contributed by atoms with E-state index in [4.69, 9.17) is 0 Å². The predicted molar refractivity (Wildman–Crippen MR) is 157 cm³/mol. The summed E-state index contributed by atoms with van der Waals surface area (Å²) in [4.78, 5) is 28.6. The maximum Gasteiger partial charge on any atom is 0.264 e. The van der Waals surface area contributed by atoms with E-state index in [1.807, 2.05) is 6.92 Å². The standard InChI is InChI=1S/C30H33BrFN3O4S/c1-21-10-16-28(17-11-21)40(38,39)35(27-9-5-6-24(31)18-27)20-29(36)34(19-23-12-14-25(32)15-13-23)22(2)30(37)33-26-7-3-4-8-26/h5-6,9-18,22,26H,3-4,7-8,19-20H2,1-2H3,(H,33,37)/t22-/m0/s1. The van der Waals surface area contributed by atoms with Gasteiger partial charge in [-0.1, -0.05) is 64.7 Å². The van der Waals surface area contributed by atoms with Crippen molar-refractivity contribution in [1.29, 1.82) is 0 Å². The quantitative estimate of drug-likeness (QED) is 0.318. The maximum absolute atomic E-state index is 14.0. The zero-order valence-corrected chi connectivity index (χ0v) is 24.9. The third-order valence-electron chi connectivity index (χ3n) is 7.12. The number of benzene rings is 3. The smallest absolute Gasteiger partial charge is 0.264 e. The Kier molecular flexibility index (Phi) is 9.63. The number of aryl methyl sites for hydroxylation is 1. The number of nitrogens with one attached hydrogen (secondary N) is 1. The van der Waals surface area contributed by atoms with Crippen molar-refractivity contribution < 1.29 is 22.4 Å². The Labute approximate surface area is 243 Å². The minimum Gasteiger partial charge on any atom is -0.352 e. The molecule has 3 aromatic rings. The van der Waals surface area contributed by atoms with Gasteiger partial charge in [-0.25, -0.2) is 12.8 Å². The van der Waals surface area contributed by atoms with E-state index in [9.17, 15) is 22.4 Å². The zero-order chi connectivity index (χ0) is 28.9. The second kappa shape index (κ2) is 13.0. The number of hydrogen-bond acceptors (Lipinski definition) is 4. The van der Waals surface area contributed by atoms with E-state index in [0.717, 1.165) is 35.6 Å². The highest BCUT2D eigenvalue weighted by Gasteiger charge is 2.33. The summed E-state index contributed by atoms with van der Waals surface area (Å²) in [5.41, 5.74) is 1.82. The first kappa shape index (κ1) is 29.7. The van der Waals surface area contributed by atoms with Crippen molar-refractivity contribution in [3.8, 4) is 0 Å². The highest BCUT2D eigenvalue weighted by molar-refractivity contribution is 9.10. The molecule has 0 spiro atoms. The Bertz CT molecular complexity index is 1440. The molecule has 1 fully saturated rings. The summed E-state index contributed by atoms with van der Waals surface area (Å²) in [5, 5.41) is 3.03. The zero-order valence-electron chi connectivity index (χ0n) is 22.5. The molecule has 3 aromatic carbocycles. The molecule has 1 aliphatic rings. The molecule has 7 nitrogen and oxygen atoms in total. The predicted octanol–water partition coefficient (Wildman–Crippen LogP) is 5.57. The molecule has 1 aliphatic carbocycles. The van der Waals surface area contributed by atoms with Gasteiger partial charge in [-0.3, -0.25) is 13.9 Å². The Balaban J connectivity index is 1.68. The number of hydrogen-bond donors (Lipinski definition) is 1. The lowest BCUT2D eigenvalue weighted by Gasteiger charge is -2.32. The highest BCUT2D eigenvalue weighted by Crippen LogP contribution is 2.27. The Morgan fingerprint density at radius 1 is 1.02 bits per heavy atom. The molecule has 0 aliphatic heterocycles. The number of nitrogens with zero attached hydrogens (tertiary/aromatic N) is 2. The van der Waals surface area contributed by atoms with Crippen LogP contribution in [-0.2, 0) is 26.2 Å². The summed E-state index contributed by atoms with van der Waals surface area (Å²) in [7, 11) is -4.14. The molecule has 1 N–H and O–H groups in total. The largest absolute Gasteiger partial charge is 0.352 e. The van der Waals surface area contributed by atoms with Gasteiger partial charge in [0.1, 0.15) is 18.4 Å². The van der Waals surface area contributed by atoms with Gasteiger partial charge in [0.2, 0.25) is 11.8 Å². The minimum absolute atomic E-state index is 0.00920. The van der Waals surface area contributed by atoms with Gasteiger partial charge in [-0.15, -0.1) is 0 Å². The van der Waals surface area contributed by atoms with Crippen LogP contribution in [0.15, 0.2) is 82.2 Å². The van der Waals surface area contributed by atoms with Gasteiger partial charge in [0.25, 0.3) is 10.0 Å². The van der Waals surface area contributed by atoms with E-state index < -0.39 is 34.3 Å². The summed E-state index contributed by atoms with van der Waals surface area (Å²) in [5.74, 6) is -1.29. The summed E-state index contributed by atoms with van der Waals surface area (Å²) < 4.78 is 43.0. The number of sulfonamides is 1. The van der Waals surface area contributed by atoms with E-state index in [2.05, 4.69) is 21.2 Å². The highest BCUT2D eigenvalue weighted by atomic mass is 79.9. The maximum atomic E-state index is 14.0. The SMILES string of the molecule is Cc1ccc(S(=O)(=O)N(CC(=O)N(Cc2ccc(F)cc2)[C@@H](C)C(=O)NC2CCCC2)c2cccc(Br)c2)cc1. The van der Waals surface area contributed by atoms with Crippen molar-refractivity contribution in [3.63, 3.8) is 0 Å². The molecule has 4 rings (SSSR count). The Morgan fingerprint density at radius 3 is 2.30 bits per heavy atom. The van der Waals surface area contributed by atoms with Crippen LogP contribution in [0.25, 0.3) is 0 Å². The van der Waals surface area contributed by atoms with Crippen molar-refractivity contribution in [3.05, 3.63) is 94.2 Å². The molecule has 1 saturated carbocycles. The van der Waals surface area contributed by atoms with Crippen molar-refractivity contribution in [2.75, 3.05) is 10.8 Å². The second-order valence-electron chi connectivity index (χ2n) is 10.1. The van der Waals surface area contributed by atoms with E-state index in [-0.39, 0.29) is 23.4 Å². The average Bonchev–Trinajstić information content (AvgIpc) is 3.44. The molecule has 10 heteroatoms. The van der Waals surface area contributed by atoms with Gasteiger partial charge in [-0.2, -0.15) is 0 Å². The van der Waals surface area contributed by atoms with E-state index in [1.54, 1.807) is 55.5 Å². The average molecular weight is 631 g/mol. The van der Waals surface area contributed by atoms with Gasteiger partial charge < -0.3 is 10.2 Å². The number of anilines is 1. The van der Waals surface area contributed by atoms with Gasteiger partial charge >= 0.3 is 0 Å². The summed E-state index contributed by atoms with van der Waals surface area (Å²) in [6, 6.07) is 17.9. The molecule has 0 saturated heterocycles. The molecular formula is C30H33BrFN3O4S. The monoisotopic (exact) mass is 629 g/mol. The van der Waals surface area contributed by atoms with Gasteiger partial charge in [-0.05, 0) is 74.7 Å². The molecule has 1 atom stereocenters. The van der Waals surface area contributed by atoms with Crippen LogP contribution in [0, 0.1) is 12.7 Å². The van der Waals surface area contributed by atoms with Crippen molar-refractivity contribution in [2.24, 2.45) is 0 Å². The van der Waals surface area contributed by atoms with Crippen LogP contribution >= 0.6 is 15.9 Å². The first-order valence-corrected chi connectivity index (χ1v) is 15.5. The number of amides is 2. The van der Waals surface area contributed by atoms with E-state index in [1.165, 1.54) is 29.2 Å². The molecular weight excluding hydrogens is 597 g/mol. The lowest BCUT2D eigenvalue weighted by molar-refractivity contribution is -0.139. The number of halogens is 2. The molecule has 0 bridgehead atoms. The van der Waals surface area contributed by atoms with Crippen molar-refractivity contribution in [2.45, 2.75) is 63.1 Å². The fraction of sp³-hybridized carbons (Fsp3) is 0.333. The van der Waals surface area contributed by atoms with Gasteiger partial charge in [0.05, 0.1) is 10.6 Å². The molecule has 40 heavy (non-hydrogen) atoms. The minimum atomic E-state index is -4.14. The molecule has 212 valence electrons. The third kappa shape index (κ3) is 7.28. The molecule has 0 radical (unpaired) electrons. The summed E-state index contributed by atoms with van der Waals surface area (Å²) in [6.07, 6.45) is 3.84. The molecule has 0 heterocycles. The molecule has 2 amide bonds. The van der Waals surface area contributed by atoms with Crippen LogP contribution in [0.5, 0.6) is 0 Å². The molecule has 0 unspecified atom stereocenters. The first-order chi connectivity index (χ1) is 19.0. The van der Waals surface area contributed by atoms with Crippen LogP contribution in [0.3, 0.4) is 0 Å². The fourth-order valence-electron chi connectivity index (χ4n) is 4.76. The van der Waals surface area contributed by atoms with Gasteiger partial charge in [0.15, 0.2) is 0 Å². The topological polar surface area (TPSA) is 86.8 Å². The Morgan fingerprint density at radius 2 is 1.68 bits per heavy atom.